The summed E-state index contributed by atoms with van der Waals surface area (Å²) in [7, 11) is 0. The summed E-state index contributed by atoms with van der Waals surface area (Å²) in [6.07, 6.45) is 1.95. The fraction of sp³-hybridized carbons (Fsp3) is 1.00. The van der Waals surface area contributed by atoms with Crippen LogP contribution in [-0.4, -0.2) is 67.3 Å². The van der Waals surface area contributed by atoms with Crippen LogP contribution < -0.4 is 0 Å². The zero-order valence-corrected chi connectivity index (χ0v) is 15.5. The molecule has 2 N–H and O–H groups in total. The zero-order chi connectivity index (χ0) is 17.8. The molecule has 1 aliphatic rings. The molecule has 0 radical (unpaired) electrons. The summed E-state index contributed by atoms with van der Waals surface area (Å²) >= 11 is 0. The smallest absolute Gasteiger partial charge is 0.184 e. The lowest BCUT2D eigenvalue weighted by atomic mass is 9.98. The van der Waals surface area contributed by atoms with E-state index in [1.807, 2.05) is 0 Å². The van der Waals surface area contributed by atoms with Gasteiger partial charge in [-0.05, 0) is 19.3 Å². The minimum Gasteiger partial charge on any atom is -0.387 e. The van der Waals surface area contributed by atoms with E-state index in [2.05, 4.69) is 20.8 Å². The van der Waals surface area contributed by atoms with Gasteiger partial charge in [-0.15, -0.1) is 0 Å². The molecule has 1 heterocycles. The average Bonchev–Trinajstić information content (AvgIpc) is 2.57. The van der Waals surface area contributed by atoms with Crippen LogP contribution in [0.4, 0.5) is 0 Å². The molecule has 0 spiro atoms. The molecule has 144 valence electrons. The summed E-state index contributed by atoms with van der Waals surface area (Å²) in [5.41, 5.74) is 0. The van der Waals surface area contributed by atoms with Crippen molar-refractivity contribution in [3.63, 3.8) is 0 Å². The number of aliphatic hydroxyl groups excluding tert-OH is 2. The Labute approximate surface area is 146 Å². The Morgan fingerprint density at radius 2 is 1.33 bits per heavy atom. The third-order valence-corrected chi connectivity index (χ3v) is 4.18. The summed E-state index contributed by atoms with van der Waals surface area (Å²) in [5.74, 6) is 0. The molecule has 5 atom stereocenters. The summed E-state index contributed by atoms with van der Waals surface area (Å²) in [6.45, 7) is 8.16. The van der Waals surface area contributed by atoms with Crippen molar-refractivity contribution in [2.75, 3.05) is 26.4 Å². The fourth-order valence-corrected chi connectivity index (χ4v) is 2.59. The first-order valence-corrected chi connectivity index (χ1v) is 9.48. The lowest BCUT2D eigenvalue weighted by Crippen LogP contribution is -2.60. The predicted molar refractivity (Wildman–Crippen MR) is 91.9 cm³/mol. The van der Waals surface area contributed by atoms with Gasteiger partial charge in [-0.2, -0.15) is 0 Å². The summed E-state index contributed by atoms with van der Waals surface area (Å²) in [4.78, 5) is 0. The van der Waals surface area contributed by atoms with Crippen LogP contribution in [0, 0.1) is 0 Å². The number of hydrogen-bond acceptors (Lipinski definition) is 6. The van der Waals surface area contributed by atoms with Crippen molar-refractivity contribution in [3.8, 4) is 0 Å². The highest BCUT2D eigenvalue weighted by atomic mass is 16.7. The molecule has 0 aromatic carbocycles. The van der Waals surface area contributed by atoms with E-state index in [1.165, 1.54) is 0 Å². The molecular weight excluding hydrogens is 312 g/mol. The molecule has 1 rings (SSSR count). The third-order valence-electron chi connectivity index (χ3n) is 4.18. The Kier molecular flexibility index (Phi) is 11.8. The monoisotopic (exact) mass is 348 g/mol. The Bertz CT molecular complexity index is 301. The minimum absolute atomic E-state index is 0.244. The molecule has 0 aromatic heterocycles. The second-order valence-corrected chi connectivity index (χ2v) is 6.36. The minimum atomic E-state index is -1.11. The van der Waals surface area contributed by atoms with Crippen LogP contribution in [0.1, 0.15) is 59.3 Å². The summed E-state index contributed by atoms with van der Waals surface area (Å²) in [5, 5.41) is 20.9. The molecule has 3 unspecified atom stereocenters. The highest BCUT2D eigenvalue weighted by Gasteiger charge is 2.46. The van der Waals surface area contributed by atoms with Crippen LogP contribution in [-0.2, 0) is 18.9 Å². The molecule has 1 saturated heterocycles. The van der Waals surface area contributed by atoms with E-state index in [0.29, 0.717) is 19.8 Å². The molecule has 0 saturated carbocycles. The molecule has 1 fully saturated rings. The van der Waals surface area contributed by atoms with Crippen molar-refractivity contribution in [1.29, 1.82) is 0 Å². The molecule has 1 aliphatic heterocycles. The van der Waals surface area contributed by atoms with E-state index in [1.54, 1.807) is 0 Å². The van der Waals surface area contributed by atoms with Crippen molar-refractivity contribution < 1.29 is 29.2 Å². The Hall–Kier alpha value is -0.240. The van der Waals surface area contributed by atoms with E-state index in [-0.39, 0.29) is 6.61 Å². The van der Waals surface area contributed by atoms with Crippen molar-refractivity contribution in [1.82, 2.24) is 0 Å². The van der Waals surface area contributed by atoms with Gasteiger partial charge in [0, 0.05) is 19.8 Å². The first-order chi connectivity index (χ1) is 11.7. The lowest BCUT2D eigenvalue weighted by Gasteiger charge is -2.42. The van der Waals surface area contributed by atoms with Crippen molar-refractivity contribution in [3.05, 3.63) is 0 Å². The molecule has 0 bridgehead atoms. The molecule has 0 aromatic rings. The summed E-state index contributed by atoms with van der Waals surface area (Å²) in [6, 6.07) is 0. The fourth-order valence-electron chi connectivity index (χ4n) is 2.59. The number of unbranched alkanes of at least 4 members (excludes halogenated alkanes) is 3. The third kappa shape index (κ3) is 7.33. The van der Waals surface area contributed by atoms with Crippen molar-refractivity contribution in [2.45, 2.75) is 90.0 Å². The van der Waals surface area contributed by atoms with Crippen LogP contribution in [0.5, 0.6) is 0 Å². The van der Waals surface area contributed by atoms with Crippen molar-refractivity contribution in [2.24, 2.45) is 0 Å². The van der Waals surface area contributed by atoms with Crippen LogP contribution in [0.15, 0.2) is 0 Å². The van der Waals surface area contributed by atoms with Crippen LogP contribution in [0.25, 0.3) is 0 Å². The number of rotatable bonds is 13. The normalized spacial score (nSPS) is 30.6. The van der Waals surface area contributed by atoms with Gasteiger partial charge in [-0.3, -0.25) is 0 Å². The predicted octanol–water partition coefficient (Wildman–Crippen LogP) is 2.25. The van der Waals surface area contributed by atoms with Gasteiger partial charge in [0.15, 0.2) is 6.29 Å². The van der Waals surface area contributed by atoms with Crippen LogP contribution >= 0.6 is 0 Å². The van der Waals surface area contributed by atoms with E-state index >= 15 is 0 Å². The highest BCUT2D eigenvalue weighted by molar-refractivity contribution is 4.91. The van der Waals surface area contributed by atoms with Gasteiger partial charge in [0.2, 0.25) is 0 Å². The van der Waals surface area contributed by atoms with Gasteiger partial charge in [0.1, 0.15) is 24.4 Å². The van der Waals surface area contributed by atoms with Gasteiger partial charge in [0.05, 0.1) is 6.61 Å². The molecule has 6 nitrogen and oxygen atoms in total. The Morgan fingerprint density at radius 1 is 0.792 bits per heavy atom. The van der Waals surface area contributed by atoms with Crippen LogP contribution in [0.3, 0.4) is 0 Å². The molecule has 0 amide bonds. The first kappa shape index (κ1) is 21.8. The van der Waals surface area contributed by atoms with E-state index in [9.17, 15) is 10.2 Å². The maximum atomic E-state index is 10.6. The van der Waals surface area contributed by atoms with Gasteiger partial charge in [0.25, 0.3) is 0 Å². The second kappa shape index (κ2) is 13.0. The second-order valence-electron chi connectivity index (χ2n) is 6.36. The Morgan fingerprint density at radius 3 is 1.92 bits per heavy atom. The number of hydrogen-bond donors (Lipinski definition) is 2. The maximum Gasteiger partial charge on any atom is 0.184 e. The zero-order valence-electron chi connectivity index (χ0n) is 15.5. The number of ether oxygens (including phenoxy) is 4. The van der Waals surface area contributed by atoms with Gasteiger partial charge in [-0.25, -0.2) is 0 Å². The summed E-state index contributed by atoms with van der Waals surface area (Å²) < 4.78 is 22.7. The topological polar surface area (TPSA) is 77.4 Å². The van der Waals surface area contributed by atoms with E-state index in [4.69, 9.17) is 18.9 Å². The van der Waals surface area contributed by atoms with Crippen molar-refractivity contribution >= 4 is 0 Å². The standard InChI is InChI=1S/C18H36O6/c1-4-7-10-21-13-14-15(19)16(22-11-8-5-2)17(18(20)24-14)23-12-9-6-3/h14-20H,4-13H2,1-3H3/t14?,15-,16?,17?,18+/m1/s1. The lowest BCUT2D eigenvalue weighted by molar-refractivity contribution is -0.305. The van der Waals surface area contributed by atoms with Gasteiger partial charge < -0.3 is 29.2 Å². The SMILES string of the molecule is CCCCOCC1O[C@H](O)C(OCCCC)C(OCCCC)[C@@H]1O. The van der Waals surface area contributed by atoms with Gasteiger partial charge in [-0.1, -0.05) is 40.0 Å². The molecule has 0 aliphatic carbocycles. The van der Waals surface area contributed by atoms with Gasteiger partial charge >= 0.3 is 0 Å². The van der Waals surface area contributed by atoms with Crippen LogP contribution in [0.2, 0.25) is 0 Å². The maximum absolute atomic E-state index is 10.6. The first-order valence-electron chi connectivity index (χ1n) is 9.48. The molecular formula is C18H36O6. The van der Waals surface area contributed by atoms with E-state index < -0.39 is 30.7 Å². The quantitative estimate of drug-likeness (QED) is 0.497. The van der Waals surface area contributed by atoms with E-state index in [0.717, 1.165) is 38.5 Å². The average molecular weight is 348 g/mol. The number of aliphatic hydroxyl groups is 2. The molecule has 6 heteroatoms. The largest absolute Gasteiger partial charge is 0.387 e. The Balaban J connectivity index is 2.61. The molecule has 24 heavy (non-hydrogen) atoms. The highest BCUT2D eigenvalue weighted by Crippen LogP contribution is 2.25.